The molecule has 2 aliphatic rings. The molecular weight excluding hydrogens is 420 g/mol. The summed E-state index contributed by atoms with van der Waals surface area (Å²) in [6.45, 7) is 5.14. The number of carboxylic acid groups (broad SMARTS) is 1. The van der Waals surface area contributed by atoms with Crippen molar-refractivity contribution >= 4 is 18.0 Å². The number of amides is 2. The Morgan fingerprint density at radius 1 is 0.939 bits per heavy atom. The summed E-state index contributed by atoms with van der Waals surface area (Å²) in [6, 6.07) is 16.2. The summed E-state index contributed by atoms with van der Waals surface area (Å²) < 4.78 is 5.57. The molecule has 1 fully saturated rings. The van der Waals surface area contributed by atoms with Gasteiger partial charge in [0.05, 0.1) is 0 Å². The molecule has 0 bridgehead atoms. The van der Waals surface area contributed by atoms with E-state index in [1.165, 1.54) is 6.92 Å². The maximum Gasteiger partial charge on any atom is 0.407 e. The first-order chi connectivity index (χ1) is 15.6. The van der Waals surface area contributed by atoms with E-state index in [2.05, 4.69) is 34.9 Å². The fourth-order valence-corrected chi connectivity index (χ4v) is 4.68. The van der Waals surface area contributed by atoms with Crippen LogP contribution in [-0.2, 0) is 14.3 Å². The Morgan fingerprint density at radius 2 is 1.48 bits per heavy atom. The van der Waals surface area contributed by atoms with Crippen LogP contribution < -0.4 is 10.6 Å². The van der Waals surface area contributed by atoms with Gasteiger partial charge in [-0.3, -0.25) is 4.79 Å². The number of carbonyl (C=O) groups excluding carboxylic acids is 2. The molecule has 3 N–H and O–H groups in total. The highest BCUT2D eigenvalue weighted by Gasteiger charge is 2.48. The third-order valence-electron chi connectivity index (χ3n) is 6.62. The number of hydrogen-bond donors (Lipinski definition) is 3. The van der Waals surface area contributed by atoms with E-state index in [1.807, 2.05) is 24.3 Å². The fraction of sp³-hybridized carbons (Fsp3) is 0.423. The van der Waals surface area contributed by atoms with E-state index >= 15 is 0 Å². The van der Waals surface area contributed by atoms with Crippen LogP contribution in [0.2, 0.25) is 0 Å². The largest absolute Gasteiger partial charge is 0.480 e. The molecule has 2 aliphatic carbocycles. The Hall–Kier alpha value is -3.35. The SMILES string of the molecule is CC(C)(CC(=O)NC(C)(C(=O)O)C1CC1)NC(=O)OCC1c2ccccc2-c2ccccc21. The summed E-state index contributed by atoms with van der Waals surface area (Å²) in [7, 11) is 0. The molecule has 2 amide bonds. The Balaban J connectivity index is 1.35. The second-order valence-corrected chi connectivity index (χ2v) is 9.84. The van der Waals surface area contributed by atoms with Crippen molar-refractivity contribution in [2.75, 3.05) is 6.61 Å². The smallest absolute Gasteiger partial charge is 0.407 e. The molecule has 0 aliphatic heterocycles. The van der Waals surface area contributed by atoms with Crippen molar-refractivity contribution in [3.63, 3.8) is 0 Å². The first kappa shape index (κ1) is 22.8. The van der Waals surface area contributed by atoms with E-state index in [0.29, 0.717) is 0 Å². The molecule has 0 aromatic heterocycles. The molecule has 7 nitrogen and oxygen atoms in total. The molecule has 0 spiro atoms. The third kappa shape index (κ3) is 4.72. The summed E-state index contributed by atoms with van der Waals surface area (Å²) in [5.41, 5.74) is 2.36. The van der Waals surface area contributed by atoms with Gasteiger partial charge in [0.25, 0.3) is 0 Å². The van der Waals surface area contributed by atoms with Gasteiger partial charge in [0.2, 0.25) is 5.91 Å². The summed E-state index contributed by atoms with van der Waals surface area (Å²) in [5, 5.41) is 14.9. The Bertz CT molecular complexity index is 1050. The predicted molar refractivity (Wildman–Crippen MR) is 124 cm³/mol. The average molecular weight is 451 g/mol. The zero-order valence-corrected chi connectivity index (χ0v) is 19.2. The van der Waals surface area contributed by atoms with Gasteiger partial charge in [-0.25, -0.2) is 9.59 Å². The molecule has 0 heterocycles. The minimum absolute atomic E-state index is 0.0515. The van der Waals surface area contributed by atoms with Gasteiger partial charge in [0, 0.05) is 17.9 Å². The molecule has 4 rings (SSSR count). The number of rotatable bonds is 8. The number of aliphatic carboxylic acids is 1. The van der Waals surface area contributed by atoms with Crippen molar-refractivity contribution < 1.29 is 24.2 Å². The third-order valence-corrected chi connectivity index (χ3v) is 6.62. The predicted octanol–water partition coefficient (Wildman–Crippen LogP) is 4.06. The normalized spacial score (nSPS) is 16.8. The van der Waals surface area contributed by atoms with Gasteiger partial charge in [-0.2, -0.15) is 0 Å². The van der Waals surface area contributed by atoms with E-state index in [-0.39, 0.29) is 24.9 Å². The number of carboxylic acids is 1. The van der Waals surface area contributed by atoms with Crippen LogP contribution in [0, 0.1) is 5.92 Å². The van der Waals surface area contributed by atoms with Crippen LogP contribution in [0.15, 0.2) is 48.5 Å². The molecule has 1 saturated carbocycles. The van der Waals surface area contributed by atoms with E-state index in [4.69, 9.17) is 4.74 Å². The van der Waals surface area contributed by atoms with Crippen molar-refractivity contribution in [2.45, 2.75) is 57.0 Å². The highest BCUT2D eigenvalue weighted by molar-refractivity contribution is 5.88. The highest BCUT2D eigenvalue weighted by Crippen LogP contribution is 2.44. The van der Waals surface area contributed by atoms with Gasteiger partial charge in [0.15, 0.2) is 0 Å². The molecule has 1 unspecified atom stereocenters. The van der Waals surface area contributed by atoms with Crippen molar-refractivity contribution in [2.24, 2.45) is 5.92 Å². The maximum atomic E-state index is 12.6. The molecule has 2 aromatic rings. The van der Waals surface area contributed by atoms with Crippen LogP contribution in [0.4, 0.5) is 4.79 Å². The van der Waals surface area contributed by atoms with Gasteiger partial charge in [-0.1, -0.05) is 48.5 Å². The van der Waals surface area contributed by atoms with Crippen LogP contribution in [0.3, 0.4) is 0 Å². The van der Waals surface area contributed by atoms with Crippen LogP contribution in [-0.4, -0.2) is 40.8 Å². The van der Waals surface area contributed by atoms with Crippen molar-refractivity contribution in [3.05, 3.63) is 59.7 Å². The molecule has 7 heteroatoms. The molecule has 2 aromatic carbocycles. The lowest BCUT2D eigenvalue weighted by Crippen LogP contribution is -2.56. The van der Waals surface area contributed by atoms with Crippen molar-refractivity contribution in [1.29, 1.82) is 0 Å². The Labute approximate surface area is 193 Å². The van der Waals surface area contributed by atoms with E-state index in [1.54, 1.807) is 13.8 Å². The Morgan fingerprint density at radius 3 is 2.00 bits per heavy atom. The van der Waals surface area contributed by atoms with Crippen LogP contribution >= 0.6 is 0 Å². The highest BCUT2D eigenvalue weighted by atomic mass is 16.5. The standard InChI is InChI=1S/C26H30N2O5/c1-25(2,14-22(29)27-26(3,23(30)31)16-12-13-16)28-24(32)33-15-21-19-10-6-4-8-17(19)18-9-5-7-11-20(18)21/h4-11,16,21H,12-15H2,1-3H3,(H,27,29)(H,28,32)(H,30,31). The molecule has 0 radical (unpaired) electrons. The second kappa shape index (κ2) is 8.54. The molecule has 1 atom stereocenters. The van der Waals surface area contributed by atoms with Gasteiger partial charge < -0.3 is 20.5 Å². The van der Waals surface area contributed by atoms with Gasteiger partial charge in [-0.05, 0) is 61.8 Å². The minimum Gasteiger partial charge on any atom is -0.480 e. The summed E-state index contributed by atoms with van der Waals surface area (Å²) >= 11 is 0. The fourth-order valence-electron chi connectivity index (χ4n) is 4.68. The zero-order valence-electron chi connectivity index (χ0n) is 19.2. The van der Waals surface area contributed by atoms with Crippen LogP contribution in [0.25, 0.3) is 11.1 Å². The monoisotopic (exact) mass is 450 g/mol. The summed E-state index contributed by atoms with van der Waals surface area (Å²) in [5.74, 6) is -1.57. The van der Waals surface area contributed by atoms with E-state index < -0.39 is 29.0 Å². The molecule has 174 valence electrons. The van der Waals surface area contributed by atoms with Crippen molar-refractivity contribution in [3.8, 4) is 11.1 Å². The number of fused-ring (bicyclic) bond motifs is 3. The molecular formula is C26H30N2O5. The minimum atomic E-state index is -1.28. The first-order valence-corrected chi connectivity index (χ1v) is 11.3. The van der Waals surface area contributed by atoms with Gasteiger partial charge in [-0.15, -0.1) is 0 Å². The number of alkyl carbamates (subject to hydrolysis) is 1. The number of nitrogens with one attached hydrogen (secondary N) is 2. The van der Waals surface area contributed by atoms with Crippen molar-refractivity contribution in [1.82, 2.24) is 10.6 Å². The van der Waals surface area contributed by atoms with E-state index in [0.717, 1.165) is 35.1 Å². The summed E-state index contributed by atoms with van der Waals surface area (Å²) in [6.07, 6.45) is 0.889. The zero-order chi connectivity index (χ0) is 23.8. The number of benzene rings is 2. The lowest BCUT2D eigenvalue weighted by molar-refractivity contribution is -0.148. The second-order valence-electron chi connectivity index (χ2n) is 9.84. The summed E-state index contributed by atoms with van der Waals surface area (Å²) in [4.78, 5) is 36.8. The van der Waals surface area contributed by atoms with Gasteiger partial charge in [0.1, 0.15) is 12.1 Å². The average Bonchev–Trinajstić information content (AvgIpc) is 3.55. The molecule has 0 saturated heterocycles. The number of hydrogen-bond acceptors (Lipinski definition) is 4. The van der Waals surface area contributed by atoms with Gasteiger partial charge >= 0.3 is 12.1 Å². The quantitative estimate of drug-likeness (QED) is 0.563. The number of carbonyl (C=O) groups is 3. The lowest BCUT2D eigenvalue weighted by atomic mass is 9.94. The van der Waals surface area contributed by atoms with E-state index in [9.17, 15) is 19.5 Å². The van der Waals surface area contributed by atoms with Crippen LogP contribution in [0.5, 0.6) is 0 Å². The van der Waals surface area contributed by atoms with Crippen LogP contribution in [0.1, 0.15) is 57.1 Å². The topological polar surface area (TPSA) is 105 Å². The number of ether oxygens (including phenoxy) is 1. The first-order valence-electron chi connectivity index (χ1n) is 11.3. The maximum absolute atomic E-state index is 12.6. The molecule has 33 heavy (non-hydrogen) atoms. The Kier molecular flexibility index (Phi) is 5.91. The lowest BCUT2D eigenvalue weighted by Gasteiger charge is -2.30.